The third-order valence-corrected chi connectivity index (χ3v) is 4.01. The molecule has 4 rings (SSSR count). The van der Waals surface area contributed by atoms with E-state index >= 15 is 0 Å². The second-order valence-electron chi connectivity index (χ2n) is 5.19. The topological polar surface area (TPSA) is 35.8 Å². The van der Waals surface area contributed by atoms with Crippen molar-refractivity contribution in [1.82, 2.24) is 5.06 Å². The minimum absolute atomic E-state index is 0.254. The molecule has 0 saturated carbocycles. The first-order valence-corrected chi connectivity index (χ1v) is 6.42. The smallest absolute Gasteiger partial charge is 0.192 e. The van der Waals surface area contributed by atoms with Crippen LogP contribution in [0.4, 0.5) is 0 Å². The monoisotopic (exact) mass is 241 g/mol. The van der Waals surface area contributed by atoms with Crippen LogP contribution in [0.5, 0.6) is 0 Å². The summed E-state index contributed by atoms with van der Waals surface area (Å²) in [6, 6.07) is 14.7. The zero-order chi connectivity index (χ0) is 12.2. The van der Waals surface area contributed by atoms with Crippen molar-refractivity contribution in [3.63, 3.8) is 0 Å². The fraction of sp³-hybridized carbons (Fsp3) is 0.333. The van der Waals surface area contributed by atoms with Crippen LogP contribution in [0.3, 0.4) is 0 Å². The van der Waals surface area contributed by atoms with Crippen molar-refractivity contribution in [3.05, 3.63) is 48.0 Å². The lowest BCUT2D eigenvalue weighted by molar-refractivity contribution is 0.0972. The molecule has 18 heavy (non-hydrogen) atoms. The molecule has 3 atom stereocenters. The van der Waals surface area contributed by atoms with Crippen molar-refractivity contribution < 1.29 is 9.94 Å². The van der Waals surface area contributed by atoms with E-state index in [0.29, 0.717) is 6.42 Å². The first kappa shape index (κ1) is 10.5. The number of aliphatic hydroxyl groups excluding tert-OH is 1. The fourth-order valence-corrected chi connectivity index (χ4v) is 2.96. The van der Waals surface area contributed by atoms with Gasteiger partial charge in [-0.05, 0) is 23.3 Å². The minimum atomic E-state index is -0.359. The Balaban J connectivity index is 1.79. The lowest BCUT2D eigenvalue weighted by Crippen LogP contribution is -2.30. The van der Waals surface area contributed by atoms with Gasteiger partial charge in [0.25, 0.3) is 0 Å². The van der Waals surface area contributed by atoms with Crippen molar-refractivity contribution in [1.29, 1.82) is 0 Å². The molecule has 2 saturated heterocycles. The Kier molecular flexibility index (Phi) is 2.07. The van der Waals surface area contributed by atoms with E-state index in [-0.39, 0.29) is 11.8 Å². The van der Waals surface area contributed by atoms with Gasteiger partial charge < -0.3 is 5.11 Å². The van der Waals surface area contributed by atoms with Crippen molar-refractivity contribution in [2.45, 2.75) is 24.7 Å². The van der Waals surface area contributed by atoms with E-state index in [0.717, 1.165) is 18.5 Å². The zero-order valence-corrected chi connectivity index (χ0v) is 10.0. The van der Waals surface area contributed by atoms with E-state index in [9.17, 15) is 5.11 Å². The van der Waals surface area contributed by atoms with Gasteiger partial charge in [0.05, 0.1) is 6.10 Å². The summed E-state index contributed by atoms with van der Waals surface area (Å²) in [4.78, 5) is 5.74. The van der Waals surface area contributed by atoms with Gasteiger partial charge in [0.2, 0.25) is 0 Å². The zero-order valence-electron chi connectivity index (χ0n) is 10.0. The summed E-state index contributed by atoms with van der Waals surface area (Å²) < 4.78 is 0. The van der Waals surface area contributed by atoms with Gasteiger partial charge in [-0.25, -0.2) is 0 Å². The van der Waals surface area contributed by atoms with Crippen molar-refractivity contribution >= 4 is 10.8 Å². The van der Waals surface area contributed by atoms with E-state index < -0.39 is 0 Å². The van der Waals surface area contributed by atoms with Crippen LogP contribution < -0.4 is 0 Å². The Morgan fingerprint density at radius 1 is 1.17 bits per heavy atom. The molecular weight excluding hydrogens is 226 g/mol. The summed E-state index contributed by atoms with van der Waals surface area (Å²) in [7, 11) is 0. The molecule has 92 valence electrons. The summed E-state index contributed by atoms with van der Waals surface area (Å²) in [5, 5.41) is 14.3. The fourth-order valence-electron chi connectivity index (χ4n) is 2.96. The van der Waals surface area contributed by atoms with Gasteiger partial charge in [-0.1, -0.05) is 36.4 Å². The largest absolute Gasteiger partial charge is 0.393 e. The van der Waals surface area contributed by atoms with Crippen LogP contribution in [0, 0.1) is 0 Å². The van der Waals surface area contributed by atoms with Gasteiger partial charge in [-0.3, -0.25) is 4.84 Å². The molecule has 0 amide bonds. The van der Waals surface area contributed by atoms with Crippen molar-refractivity contribution in [3.8, 4) is 0 Å². The van der Waals surface area contributed by atoms with Gasteiger partial charge in [0.1, 0.15) is 0 Å². The Morgan fingerprint density at radius 2 is 2.00 bits per heavy atom. The van der Waals surface area contributed by atoms with Crippen LogP contribution in [0.2, 0.25) is 0 Å². The molecule has 0 aliphatic carbocycles. The predicted octanol–water partition coefficient (Wildman–Crippen LogP) is 2.39. The number of hydroxylamine groups is 2. The maximum atomic E-state index is 9.84. The molecule has 0 spiro atoms. The Bertz CT molecular complexity index is 612. The number of aliphatic hydroxyl groups is 1. The van der Waals surface area contributed by atoms with Crippen LogP contribution in [-0.2, 0) is 10.6 Å². The molecular formula is C15H15NO2. The summed E-state index contributed by atoms with van der Waals surface area (Å²) in [5.74, 6) is 0. The number of nitrogens with zero attached hydrogens (tertiary/aromatic N) is 1. The molecule has 2 fully saturated rings. The summed E-state index contributed by atoms with van der Waals surface area (Å²) in [5.41, 5.74) is 0.793. The number of rotatable bonds is 1. The summed E-state index contributed by atoms with van der Waals surface area (Å²) in [6.07, 6.45) is 1.22. The standard InChI is InChI=1S/C15H15NO2/c17-14-7-8-16-15(10-14,18-16)13-6-5-11-3-1-2-4-12(11)9-13/h1-6,9,14,17H,7-8,10H2. The van der Waals surface area contributed by atoms with Gasteiger partial charge in [0.15, 0.2) is 5.72 Å². The van der Waals surface area contributed by atoms with E-state index in [1.165, 1.54) is 10.8 Å². The van der Waals surface area contributed by atoms with Gasteiger partial charge in [-0.2, -0.15) is 0 Å². The minimum Gasteiger partial charge on any atom is -0.393 e. The molecule has 2 aliphatic heterocycles. The Hall–Kier alpha value is -1.42. The normalized spacial score (nSPS) is 34.3. The Labute approximate surface area is 106 Å². The number of piperidine rings is 1. The molecule has 0 radical (unpaired) electrons. The summed E-state index contributed by atoms with van der Waals surface area (Å²) in [6.45, 7) is 0.813. The summed E-state index contributed by atoms with van der Waals surface area (Å²) >= 11 is 0. The number of fused-ring (bicyclic) bond motifs is 2. The van der Waals surface area contributed by atoms with Gasteiger partial charge >= 0.3 is 0 Å². The average molecular weight is 241 g/mol. The Morgan fingerprint density at radius 3 is 2.89 bits per heavy atom. The molecule has 3 heteroatoms. The lowest BCUT2D eigenvalue weighted by atomic mass is 9.92. The van der Waals surface area contributed by atoms with Crippen LogP contribution in [0.15, 0.2) is 42.5 Å². The number of benzene rings is 2. The maximum Gasteiger partial charge on any atom is 0.192 e. The highest BCUT2D eigenvalue weighted by Crippen LogP contribution is 2.51. The molecule has 1 N–H and O–H groups in total. The first-order valence-electron chi connectivity index (χ1n) is 6.42. The van der Waals surface area contributed by atoms with Crippen LogP contribution in [0.25, 0.3) is 10.8 Å². The van der Waals surface area contributed by atoms with E-state index in [2.05, 4.69) is 30.3 Å². The number of hydrogen-bond donors (Lipinski definition) is 1. The van der Waals surface area contributed by atoms with E-state index in [1.54, 1.807) is 0 Å². The van der Waals surface area contributed by atoms with E-state index in [1.807, 2.05) is 17.2 Å². The van der Waals surface area contributed by atoms with Crippen molar-refractivity contribution in [2.75, 3.05) is 6.54 Å². The SMILES string of the molecule is OC1CCN2OC2(c2ccc3ccccc3c2)C1. The van der Waals surface area contributed by atoms with Crippen LogP contribution in [-0.4, -0.2) is 22.8 Å². The average Bonchev–Trinajstić information content (AvgIpc) is 3.13. The van der Waals surface area contributed by atoms with Crippen LogP contribution in [0.1, 0.15) is 18.4 Å². The molecule has 2 aromatic carbocycles. The molecule has 2 heterocycles. The van der Waals surface area contributed by atoms with Gasteiger partial charge in [0, 0.05) is 18.5 Å². The highest BCUT2D eigenvalue weighted by molar-refractivity contribution is 5.83. The second kappa shape index (κ2) is 3.54. The van der Waals surface area contributed by atoms with E-state index in [4.69, 9.17) is 4.84 Å². The first-order chi connectivity index (χ1) is 8.78. The molecule has 3 unspecified atom stereocenters. The third-order valence-electron chi connectivity index (χ3n) is 4.01. The molecule has 0 bridgehead atoms. The molecule has 2 aromatic rings. The van der Waals surface area contributed by atoms with Gasteiger partial charge in [-0.15, -0.1) is 5.06 Å². The number of hydrogen-bond acceptors (Lipinski definition) is 3. The molecule has 0 aromatic heterocycles. The highest BCUT2D eigenvalue weighted by atomic mass is 16.9. The molecule has 2 aliphatic rings. The van der Waals surface area contributed by atoms with Crippen molar-refractivity contribution in [2.24, 2.45) is 0 Å². The lowest BCUT2D eigenvalue weighted by Gasteiger charge is -2.22. The molecule has 3 nitrogen and oxygen atoms in total. The maximum absolute atomic E-state index is 9.84. The van der Waals surface area contributed by atoms with Crippen LogP contribution >= 0.6 is 0 Å². The predicted molar refractivity (Wildman–Crippen MR) is 68.7 cm³/mol. The highest BCUT2D eigenvalue weighted by Gasteiger charge is 2.59. The second-order valence-corrected chi connectivity index (χ2v) is 5.19. The third kappa shape index (κ3) is 1.42. The quantitative estimate of drug-likeness (QED) is 0.779.